The monoisotopic (exact) mass is 302 g/mol. The van der Waals surface area contributed by atoms with Crippen molar-refractivity contribution in [2.24, 2.45) is 11.8 Å². The van der Waals surface area contributed by atoms with Gasteiger partial charge in [0.2, 0.25) is 0 Å². The summed E-state index contributed by atoms with van der Waals surface area (Å²) in [6.07, 6.45) is 4.74. The highest BCUT2D eigenvalue weighted by Crippen LogP contribution is 2.35. The molecule has 0 bridgehead atoms. The molecule has 0 N–H and O–H groups in total. The maximum Gasteiger partial charge on any atom is 0.282 e. The smallest absolute Gasteiger partial charge is 0.282 e. The van der Waals surface area contributed by atoms with Crippen LogP contribution in [-0.4, -0.2) is 55.4 Å². The van der Waals surface area contributed by atoms with Crippen LogP contribution in [0, 0.1) is 11.8 Å². The first kappa shape index (κ1) is 14.8. The van der Waals surface area contributed by atoms with Gasteiger partial charge < -0.3 is 4.74 Å². The third kappa shape index (κ3) is 3.35. The lowest BCUT2D eigenvalue weighted by atomic mass is 10.2. The molecule has 2 aliphatic carbocycles. The lowest BCUT2D eigenvalue weighted by molar-refractivity contribution is -0.0191. The zero-order valence-electron chi connectivity index (χ0n) is 12.5. The van der Waals surface area contributed by atoms with Gasteiger partial charge in [-0.05, 0) is 51.4 Å². The summed E-state index contributed by atoms with van der Waals surface area (Å²) < 4.78 is 34.9. The molecule has 1 heterocycles. The number of rotatable bonds is 6. The first-order valence-corrected chi connectivity index (χ1v) is 9.25. The molecule has 116 valence electrons. The highest BCUT2D eigenvalue weighted by atomic mass is 32.2. The standard InChI is InChI=1S/C14H26N2O3S/c1-11-10-19-12(2)7-16(11)20(17,18)15(8-13-3-4-13)9-14-5-6-14/h11-14H,3-10H2,1-2H3/t11-,12+/m1/s1. The molecule has 0 aromatic heterocycles. The lowest BCUT2D eigenvalue weighted by Gasteiger charge is -2.38. The Morgan fingerprint density at radius 2 is 1.65 bits per heavy atom. The molecule has 20 heavy (non-hydrogen) atoms. The van der Waals surface area contributed by atoms with Crippen LogP contribution in [0.1, 0.15) is 39.5 Å². The Morgan fingerprint density at radius 3 is 2.15 bits per heavy atom. The predicted molar refractivity (Wildman–Crippen MR) is 77.5 cm³/mol. The maximum absolute atomic E-state index is 13.0. The molecular weight excluding hydrogens is 276 g/mol. The van der Waals surface area contributed by atoms with E-state index in [-0.39, 0.29) is 12.1 Å². The number of morpholine rings is 1. The molecule has 0 aromatic rings. The average molecular weight is 302 g/mol. The summed E-state index contributed by atoms with van der Waals surface area (Å²) in [5, 5.41) is 0. The van der Waals surface area contributed by atoms with Crippen molar-refractivity contribution in [1.29, 1.82) is 0 Å². The van der Waals surface area contributed by atoms with Crippen molar-refractivity contribution in [1.82, 2.24) is 8.61 Å². The van der Waals surface area contributed by atoms with E-state index in [0.29, 0.717) is 25.0 Å². The summed E-state index contributed by atoms with van der Waals surface area (Å²) in [5.41, 5.74) is 0. The van der Waals surface area contributed by atoms with Crippen molar-refractivity contribution in [3.8, 4) is 0 Å². The molecule has 3 rings (SSSR count). The molecule has 3 fully saturated rings. The molecule has 0 aromatic carbocycles. The Labute approximate surface area is 122 Å². The zero-order chi connectivity index (χ0) is 14.3. The van der Waals surface area contributed by atoms with Gasteiger partial charge in [0.15, 0.2) is 0 Å². The Bertz CT molecular complexity index is 431. The quantitative estimate of drug-likeness (QED) is 0.746. The molecule has 5 nitrogen and oxygen atoms in total. The minimum Gasteiger partial charge on any atom is -0.375 e. The fourth-order valence-corrected chi connectivity index (χ4v) is 4.79. The van der Waals surface area contributed by atoms with E-state index in [9.17, 15) is 8.42 Å². The number of nitrogens with zero attached hydrogens (tertiary/aromatic N) is 2. The average Bonchev–Trinajstić information content (AvgIpc) is 3.25. The van der Waals surface area contributed by atoms with Gasteiger partial charge in [-0.25, -0.2) is 0 Å². The summed E-state index contributed by atoms with van der Waals surface area (Å²) in [7, 11) is -3.33. The van der Waals surface area contributed by atoms with Crippen molar-refractivity contribution in [2.75, 3.05) is 26.2 Å². The molecule has 6 heteroatoms. The Balaban J connectivity index is 1.74. The van der Waals surface area contributed by atoms with Crippen LogP contribution >= 0.6 is 0 Å². The normalized spacial score (nSPS) is 32.8. The highest BCUT2D eigenvalue weighted by molar-refractivity contribution is 7.86. The van der Waals surface area contributed by atoms with Crippen molar-refractivity contribution in [3.05, 3.63) is 0 Å². The van der Waals surface area contributed by atoms with Crippen LogP contribution in [0.5, 0.6) is 0 Å². The van der Waals surface area contributed by atoms with Crippen molar-refractivity contribution < 1.29 is 13.2 Å². The van der Waals surface area contributed by atoms with E-state index >= 15 is 0 Å². The third-order valence-electron chi connectivity index (χ3n) is 4.49. The molecule has 0 radical (unpaired) electrons. The fraction of sp³-hybridized carbons (Fsp3) is 1.00. The van der Waals surface area contributed by atoms with Gasteiger partial charge in [0, 0.05) is 25.7 Å². The molecule has 0 spiro atoms. The van der Waals surface area contributed by atoms with E-state index in [1.54, 1.807) is 8.61 Å². The maximum atomic E-state index is 13.0. The number of hydrogen-bond acceptors (Lipinski definition) is 3. The summed E-state index contributed by atoms with van der Waals surface area (Å²) in [6.45, 7) is 6.31. The topological polar surface area (TPSA) is 49.9 Å². The van der Waals surface area contributed by atoms with Crippen LogP contribution in [0.4, 0.5) is 0 Å². The Kier molecular flexibility index (Phi) is 4.10. The molecular formula is C14H26N2O3S. The van der Waals surface area contributed by atoms with Crippen LogP contribution < -0.4 is 0 Å². The van der Waals surface area contributed by atoms with Gasteiger partial charge in [-0.1, -0.05) is 0 Å². The Hall–Kier alpha value is -0.170. The minimum atomic E-state index is -3.33. The summed E-state index contributed by atoms with van der Waals surface area (Å²) >= 11 is 0. The predicted octanol–water partition coefficient (Wildman–Crippen LogP) is 1.46. The van der Waals surface area contributed by atoms with E-state index in [4.69, 9.17) is 4.74 Å². The van der Waals surface area contributed by atoms with Gasteiger partial charge in [-0.2, -0.15) is 17.0 Å². The SMILES string of the molecule is C[C@@H]1CO[C@@H](C)CN1S(=O)(=O)N(CC1CC1)CC1CC1. The molecule has 3 aliphatic rings. The third-order valence-corrected chi connectivity index (χ3v) is 6.54. The van der Waals surface area contributed by atoms with Crippen LogP contribution in [0.3, 0.4) is 0 Å². The summed E-state index contributed by atoms with van der Waals surface area (Å²) in [6, 6.07) is -0.0582. The van der Waals surface area contributed by atoms with Crippen LogP contribution in [-0.2, 0) is 14.9 Å². The molecule has 2 atom stereocenters. The van der Waals surface area contributed by atoms with Gasteiger partial charge in [0.1, 0.15) is 0 Å². The molecule has 2 saturated carbocycles. The first-order valence-electron chi connectivity index (χ1n) is 7.85. The van der Waals surface area contributed by atoms with E-state index < -0.39 is 10.2 Å². The van der Waals surface area contributed by atoms with Crippen molar-refractivity contribution in [2.45, 2.75) is 51.7 Å². The van der Waals surface area contributed by atoms with E-state index in [0.717, 1.165) is 13.1 Å². The van der Waals surface area contributed by atoms with Crippen LogP contribution in [0.15, 0.2) is 0 Å². The van der Waals surface area contributed by atoms with Crippen LogP contribution in [0.2, 0.25) is 0 Å². The minimum absolute atomic E-state index is 0.00956. The lowest BCUT2D eigenvalue weighted by Crippen LogP contribution is -2.55. The second kappa shape index (κ2) is 5.55. The fourth-order valence-electron chi connectivity index (χ4n) is 2.78. The highest BCUT2D eigenvalue weighted by Gasteiger charge is 2.41. The molecule has 0 amide bonds. The number of ether oxygens (including phenoxy) is 1. The van der Waals surface area contributed by atoms with Crippen molar-refractivity contribution >= 4 is 10.2 Å². The van der Waals surface area contributed by atoms with E-state index in [2.05, 4.69) is 0 Å². The van der Waals surface area contributed by atoms with Gasteiger partial charge in [0.25, 0.3) is 10.2 Å². The summed E-state index contributed by atoms with van der Waals surface area (Å²) in [5.74, 6) is 1.19. The second-order valence-electron chi connectivity index (χ2n) is 6.77. The van der Waals surface area contributed by atoms with Gasteiger partial charge >= 0.3 is 0 Å². The first-order chi connectivity index (χ1) is 9.46. The molecule has 0 unspecified atom stereocenters. The largest absolute Gasteiger partial charge is 0.375 e. The number of hydrogen-bond donors (Lipinski definition) is 0. The molecule has 1 aliphatic heterocycles. The van der Waals surface area contributed by atoms with Gasteiger partial charge in [-0.15, -0.1) is 0 Å². The molecule has 1 saturated heterocycles. The van der Waals surface area contributed by atoms with Gasteiger partial charge in [-0.3, -0.25) is 0 Å². The summed E-state index contributed by atoms with van der Waals surface area (Å²) in [4.78, 5) is 0. The van der Waals surface area contributed by atoms with E-state index in [1.165, 1.54) is 25.7 Å². The van der Waals surface area contributed by atoms with Gasteiger partial charge in [0.05, 0.1) is 12.7 Å². The van der Waals surface area contributed by atoms with Crippen molar-refractivity contribution in [3.63, 3.8) is 0 Å². The zero-order valence-corrected chi connectivity index (χ0v) is 13.3. The second-order valence-corrected chi connectivity index (χ2v) is 8.66. The van der Waals surface area contributed by atoms with E-state index in [1.807, 2.05) is 13.8 Å². The van der Waals surface area contributed by atoms with Crippen LogP contribution in [0.25, 0.3) is 0 Å². The Morgan fingerprint density at radius 1 is 1.10 bits per heavy atom.